The van der Waals surface area contributed by atoms with Crippen LogP contribution in [0.2, 0.25) is 0 Å². The summed E-state index contributed by atoms with van der Waals surface area (Å²) < 4.78 is 24.8. The van der Waals surface area contributed by atoms with E-state index in [4.69, 9.17) is 5.11 Å². The van der Waals surface area contributed by atoms with Crippen LogP contribution in [0.5, 0.6) is 0 Å². The molecule has 1 aromatic carbocycles. The molecule has 6 nitrogen and oxygen atoms in total. The summed E-state index contributed by atoms with van der Waals surface area (Å²) in [6, 6.07) is 5.30. The third-order valence-electron chi connectivity index (χ3n) is 2.55. The molecule has 1 atom stereocenters. The van der Waals surface area contributed by atoms with Crippen molar-refractivity contribution in [1.82, 2.24) is 9.62 Å². The van der Waals surface area contributed by atoms with Crippen molar-refractivity contribution in [1.29, 1.82) is 0 Å². The number of carbonyl (C=O) groups excluding carboxylic acids is 1. The van der Waals surface area contributed by atoms with Crippen molar-refractivity contribution < 1.29 is 18.3 Å². The van der Waals surface area contributed by atoms with Gasteiger partial charge in [0.15, 0.2) is 0 Å². The Morgan fingerprint density at radius 1 is 1.32 bits per heavy atom. The highest BCUT2D eigenvalue weighted by atomic mass is 32.2. The Bertz CT molecular complexity index is 537. The third kappa shape index (κ3) is 3.76. The van der Waals surface area contributed by atoms with Gasteiger partial charge < -0.3 is 10.4 Å². The van der Waals surface area contributed by atoms with Gasteiger partial charge in [-0.3, -0.25) is 4.79 Å². The largest absolute Gasteiger partial charge is 0.394 e. The molecule has 0 unspecified atom stereocenters. The summed E-state index contributed by atoms with van der Waals surface area (Å²) in [6.45, 7) is 1.52. The van der Waals surface area contributed by atoms with Gasteiger partial charge in [-0.05, 0) is 31.2 Å². The van der Waals surface area contributed by atoms with Crippen molar-refractivity contribution in [2.45, 2.75) is 17.9 Å². The average molecular weight is 286 g/mol. The number of nitrogens with one attached hydrogen (secondary N) is 1. The topological polar surface area (TPSA) is 86.7 Å². The minimum Gasteiger partial charge on any atom is -0.394 e. The maximum Gasteiger partial charge on any atom is 0.251 e. The van der Waals surface area contributed by atoms with E-state index in [1.54, 1.807) is 6.92 Å². The highest BCUT2D eigenvalue weighted by Gasteiger charge is 2.17. The predicted octanol–water partition coefficient (Wildman–Crippen LogP) is 0.0475. The highest BCUT2D eigenvalue weighted by molar-refractivity contribution is 7.89. The van der Waals surface area contributed by atoms with Gasteiger partial charge >= 0.3 is 0 Å². The summed E-state index contributed by atoms with van der Waals surface area (Å²) in [6.07, 6.45) is 0. The number of carbonyl (C=O) groups is 1. The minimum atomic E-state index is -3.49. The van der Waals surface area contributed by atoms with Gasteiger partial charge in [0.25, 0.3) is 5.91 Å². The fourth-order valence-corrected chi connectivity index (χ4v) is 2.24. The number of amides is 1. The molecular formula is C12H18N2O4S. The first-order valence-electron chi connectivity index (χ1n) is 5.73. The normalized spacial score (nSPS) is 13.3. The van der Waals surface area contributed by atoms with Crippen molar-refractivity contribution in [2.24, 2.45) is 0 Å². The molecule has 0 heterocycles. The lowest BCUT2D eigenvalue weighted by Gasteiger charge is -2.13. The van der Waals surface area contributed by atoms with Gasteiger partial charge in [-0.2, -0.15) is 0 Å². The number of aliphatic hydroxyl groups is 1. The second-order valence-electron chi connectivity index (χ2n) is 4.37. The lowest BCUT2D eigenvalue weighted by molar-refractivity contribution is 0.0922. The van der Waals surface area contributed by atoms with Crippen molar-refractivity contribution in [3.8, 4) is 0 Å². The molecule has 2 N–H and O–H groups in total. The summed E-state index contributed by atoms with van der Waals surface area (Å²) in [5, 5.41) is 11.4. The Balaban J connectivity index is 2.91. The first-order valence-corrected chi connectivity index (χ1v) is 7.17. The van der Waals surface area contributed by atoms with E-state index >= 15 is 0 Å². The molecule has 0 radical (unpaired) electrons. The predicted molar refractivity (Wildman–Crippen MR) is 71.3 cm³/mol. The Kier molecular flexibility index (Phi) is 5.04. The number of aliphatic hydroxyl groups excluding tert-OH is 1. The summed E-state index contributed by atoms with van der Waals surface area (Å²) >= 11 is 0. The van der Waals surface area contributed by atoms with Gasteiger partial charge in [0.05, 0.1) is 11.5 Å². The Labute approximate surface area is 113 Å². The van der Waals surface area contributed by atoms with E-state index < -0.39 is 10.0 Å². The molecule has 0 spiro atoms. The fraction of sp³-hybridized carbons (Fsp3) is 0.417. The molecular weight excluding hydrogens is 268 g/mol. The number of hydrogen-bond acceptors (Lipinski definition) is 4. The van der Waals surface area contributed by atoms with E-state index in [0.29, 0.717) is 5.56 Å². The molecule has 0 saturated carbocycles. The van der Waals surface area contributed by atoms with Crippen LogP contribution in [-0.2, 0) is 10.0 Å². The molecule has 1 aromatic rings. The number of hydrogen-bond donors (Lipinski definition) is 2. The zero-order valence-electron chi connectivity index (χ0n) is 11.1. The van der Waals surface area contributed by atoms with Crippen LogP contribution in [0.1, 0.15) is 17.3 Å². The van der Waals surface area contributed by atoms with E-state index in [2.05, 4.69) is 5.32 Å². The van der Waals surface area contributed by atoms with E-state index in [0.717, 1.165) is 4.31 Å². The van der Waals surface area contributed by atoms with Gasteiger partial charge in [-0.1, -0.05) is 0 Å². The average Bonchev–Trinajstić information content (AvgIpc) is 2.38. The van der Waals surface area contributed by atoms with Crippen LogP contribution in [0, 0.1) is 0 Å². The molecule has 0 bridgehead atoms. The molecule has 0 aromatic heterocycles. The van der Waals surface area contributed by atoms with Crippen LogP contribution in [0.15, 0.2) is 29.2 Å². The number of benzene rings is 1. The molecule has 106 valence electrons. The molecule has 0 aliphatic heterocycles. The second-order valence-corrected chi connectivity index (χ2v) is 6.52. The van der Waals surface area contributed by atoms with Crippen LogP contribution in [0.25, 0.3) is 0 Å². The van der Waals surface area contributed by atoms with Crippen LogP contribution >= 0.6 is 0 Å². The number of sulfonamides is 1. The van der Waals surface area contributed by atoms with Crippen LogP contribution < -0.4 is 5.32 Å². The summed E-state index contributed by atoms with van der Waals surface area (Å²) in [4.78, 5) is 11.9. The number of rotatable bonds is 5. The third-order valence-corrected chi connectivity index (χ3v) is 4.38. The zero-order valence-corrected chi connectivity index (χ0v) is 11.9. The zero-order chi connectivity index (χ0) is 14.6. The van der Waals surface area contributed by atoms with Gasteiger partial charge in [0.1, 0.15) is 0 Å². The van der Waals surface area contributed by atoms with Gasteiger partial charge in [-0.25, -0.2) is 12.7 Å². The Hall–Kier alpha value is -1.44. The smallest absolute Gasteiger partial charge is 0.251 e. The lowest BCUT2D eigenvalue weighted by Crippen LogP contribution is -2.35. The van der Waals surface area contributed by atoms with Crippen molar-refractivity contribution >= 4 is 15.9 Å². The van der Waals surface area contributed by atoms with Crippen LogP contribution in [-0.4, -0.2) is 50.5 Å². The molecule has 0 saturated heterocycles. The van der Waals surface area contributed by atoms with Gasteiger partial charge in [0, 0.05) is 25.7 Å². The number of nitrogens with zero attached hydrogens (tertiary/aromatic N) is 1. The van der Waals surface area contributed by atoms with Crippen molar-refractivity contribution in [3.05, 3.63) is 29.8 Å². The molecule has 7 heteroatoms. The standard InChI is InChI=1S/C12H18N2O4S/c1-9(8-15)13-12(16)10-4-6-11(7-5-10)19(17,18)14(2)3/h4-7,9,15H,8H2,1-3H3,(H,13,16)/t9-/m1/s1. The van der Waals surface area contributed by atoms with E-state index in [1.807, 2.05) is 0 Å². The summed E-state index contributed by atoms with van der Waals surface area (Å²) in [7, 11) is -0.599. The molecule has 1 rings (SSSR count). The van der Waals surface area contributed by atoms with E-state index in [1.165, 1.54) is 38.4 Å². The van der Waals surface area contributed by atoms with Crippen LogP contribution in [0.3, 0.4) is 0 Å². The first kappa shape index (κ1) is 15.6. The quantitative estimate of drug-likeness (QED) is 0.800. The first-order chi connectivity index (χ1) is 8.78. The highest BCUT2D eigenvalue weighted by Crippen LogP contribution is 2.14. The van der Waals surface area contributed by atoms with E-state index in [9.17, 15) is 13.2 Å². The second kappa shape index (κ2) is 6.14. The molecule has 1 amide bonds. The van der Waals surface area contributed by atoms with Crippen LogP contribution in [0.4, 0.5) is 0 Å². The maximum atomic E-state index is 11.8. The van der Waals surface area contributed by atoms with Gasteiger partial charge in [-0.15, -0.1) is 0 Å². The Morgan fingerprint density at radius 2 is 1.84 bits per heavy atom. The molecule has 0 fully saturated rings. The SMILES string of the molecule is C[C@H](CO)NC(=O)c1ccc(S(=O)(=O)N(C)C)cc1. The fourth-order valence-electron chi connectivity index (χ4n) is 1.34. The Morgan fingerprint density at radius 3 is 2.26 bits per heavy atom. The van der Waals surface area contributed by atoms with Crippen molar-refractivity contribution in [2.75, 3.05) is 20.7 Å². The summed E-state index contributed by atoms with van der Waals surface area (Å²) in [5.74, 6) is -0.352. The molecule has 0 aliphatic carbocycles. The van der Waals surface area contributed by atoms with E-state index in [-0.39, 0.29) is 23.5 Å². The minimum absolute atomic E-state index is 0.129. The maximum absolute atomic E-state index is 11.8. The summed E-state index contributed by atoms with van der Waals surface area (Å²) in [5.41, 5.74) is 0.345. The lowest BCUT2D eigenvalue weighted by atomic mass is 10.2. The monoisotopic (exact) mass is 286 g/mol. The molecule has 19 heavy (non-hydrogen) atoms. The van der Waals surface area contributed by atoms with Gasteiger partial charge in [0.2, 0.25) is 10.0 Å². The molecule has 0 aliphatic rings. The van der Waals surface area contributed by atoms with Crippen molar-refractivity contribution in [3.63, 3.8) is 0 Å².